The third-order valence-electron chi connectivity index (χ3n) is 2.60. The predicted octanol–water partition coefficient (Wildman–Crippen LogP) is 3.25. The van der Waals surface area contributed by atoms with E-state index >= 15 is 0 Å². The van der Waals surface area contributed by atoms with Crippen molar-refractivity contribution in [2.75, 3.05) is 0 Å². The smallest absolute Gasteiger partial charge is 0.354 e. The summed E-state index contributed by atoms with van der Waals surface area (Å²) >= 11 is 1.39. The molecule has 0 aliphatic carbocycles. The van der Waals surface area contributed by atoms with Gasteiger partial charge in [0, 0.05) is 10.6 Å². The number of nitrogens with zero attached hydrogens (tertiary/aromatic N) is 2. The summed E-state index contributed by atoms with van der Waals surface area (Å²) in [5.41, 5.74) is 2.96. The molecule has 0 spiro atoms. The normalized spacial score (nSPS) is 10.5. The molecule has 0 fully saturated rings. The van der Waals surface area contributed by atoms with E-state index in [0.717, 1.165) is 16.0 Å². The molecule has 0 unspecified atom stereocenters. The summed E-state index contributed by atoms with van der Waals surface area (Å²) in [6.45, 7) is 5.79. The summed E-state index contributed by atoms with van der Waals surface area (Å²) in [4.78, 5) is 20.3. The number of benzene rings is 1. The molecule has 19 heavy (non-hydrogen) atoms. The van der Waals surface area contributed by atoms with Crippen LogP contribution in [0.4, 0.5) is 0 Å². The van der Waals surface area contributed by atoms with Gasteiger partial charge in [-0.05, 0) is 55.8 Å². The molecule has 0 saturated carbocycles. The highest BCUT2D eigenvalue weighted by molar-refractivity contribution is 7.99. The number of hydrogen-bond donors (Lipinski definition) is 1. The van der Waals surface area contributed by atoms with Gasteiger partial charge in [-0.3, -0.25) is 0 Å². The molecule has 1 aromatic heterocycles. The van der Waals surface area contributed by atoms with E-state index in [1.54, 1.807) is 6.92 Å². The Morgan fingerprint density at radius 2 is 1.89 bits per heavy atom. The average molecular weight is 274 g/mol. The van der Waals surface area contributed by atoms with Crippen molar-refractivity contribution in [1.29, 1.82) is 0 Å². The summed E-state index contributed by atoms with van der Waals surface area (Å²) in [5.74, 6) is -1.03. The lowest BCUT2D eigenvalue weighted by molar-refractivity contribution is 0.0689. The summed E-state index contributed by atoms with van der Waals surface area (Å²) < 4.78 is 0. The van der Waals surface area contributed by atoms with Gasteiger partial charge in [-0.15, -0.1) is 0 Å². The first-order valence-corrected chi connectivity index (χ1v) is 6.61. The molecule has 0 radical (unpaired) electrons. The van der Waals surface area contributed by atoms with Crippen molar-refractivity contribution in [2.24, 2.45) is 0 Å². The summed E-state index contributed by atoms with van der Waals surface area (Å²) in [6.07, 6.45) is 0. The van der Waals surface area contributed by atoms with Crippen molar-refractivity contribution in [2.45, 2.75) is 30.8 Å². The number of rotatable bonds is 3. The maximum atomic E-state index is 11.0. The fourth-order valence-corrected chi connectivity index (χ4v) is 2.62. The topological polar surface area (TPSA) is 63.1 Å². The number of aryl methyl sites for hydroxylation is 3. The Bertz CT molecular complexity index is 641. The van der Waals surface area contributed by atoms with E-state index in [1.165, 1.54) is 17.8 Å². The number of hydrogen-bond acceptors (Lipinski definition) is 4. The van der Waals surface area contributed by atoms with Gasteiger partial charge in [-0.1, -0.05) is 12.1 Å². The Kier molecular flexibility index (Phi) is 3.85. The van der Waals surface area contributed by atoms with Crippen LogP contribution in [0.5, 0.6) is 0 Å². The van der Waals surface area contributed by atoms with Crippen LogP contribution < -0.4 is 0 Å². The van der Waals surface area contributed by atoms with Crippen LogP contribution in [0.2, 0.25) is 0 Å². The maximum Gasteiger partial charge on any atom is 0.354 e. The van der Waals surface area contributed by atoms with E-state index in [-0.39, 0.29) is 5.69 Å². The van der Waals surface area contributed by atoms with E-state index in [0.29, 0.717) is 10.9 Å². The average Bonchev–Trinajstić information content (AvgIpc) is 2.33. The monoisotopic (exact) mass is 274 g/mol. The molecular formula is C14H14N2O2S. The van der Waals surface area contributed by atoms with Crippen molar-refractivity contribution in [3.05, 3.63) is 46.8 Å². The molecule has 1 heterocycles. The summed E-state index contributed by atoms with van der Waals surface area (Å²) in [6, 6.07) is 7.59. The van der Waals surface area contributed by atoms with E-state index in [2.05, 4.69) is 9.97 Å². The molecule has 0 saturated heterocycles. The van der Waals surface area contributed by atoms with Gasteiger partial charge in [0.1, 0.15) is 0 Å². The predicted molar refractivity (Wildman–Crippen MR) is 73.8 cm³/mol. The fourth-order valence-electron chi connectivity index (χ4n) is 1.61. The van der Waals surface area contributed by atoms with Crippen LogP contribution >= 0.6 is 11.8 Å². The fraction of sp³-hybridized carbons (Fsp3) is 0.214. The number of carbonyl (C=O) groups is 1. The van der Waals surface area contributed by atoms with Gasteiger partial charge in [0.05, 0.1) is 0 Å². The lowest BCUT2D eigenvalue weighted by Crippen LogP contribution is -2.03. The minimum absolute atomic E-state index is 0.0281. The van der Waals surface area contributed by atoms with E-state index in [1.807, 2.05) is 32.0 Å². The first-order valence-electron chi connectivity index (χ1n) is 5.80. The molecule has 2 aromatic rings. The van der Waals surface area contributed by atoms with Gasteiger partial charge < -0.3 is 5.11 Å². The lowest BCUT2D eigenvalue weighted by atomic mass is 10.2. The maximum absolute atomic E-state index is 11.0. The highest BCUT2D eigenvalue weighted by Gasteiger charge is 2.10. The van der Waals surface area contributed by atoms with Crippen molar-refractivity contribution in [3.8, 4) is 0 Å². The van der Waals surface area contributed by atoms with Crippen molar-refractivity contribution < 1.29 is 9.90 Å². The SMILES string of the molecule is Cc1ccc(C)c(Sc2nc(C)cc(C(=O)O)n2)c1. The van der Waals surface area contributed by atoms with Crippen LogP contribution in [-0.4, -0.2) is 21.0 Å². The second-order valence-corrected chi connectivity index (χ2v) is 5.36. The molecule has 0 aliphatic rings. The zero-order valence-electron chi connectivity index (χ0n) is 11.0. The highest BCUT2D eigenvalue weighted by Crippen LogP contribution is 2.28. The molecule has 0 atom stereocenters. The van der Waals surface area contributed by atoms with Gasteiger partial charge in [0.25, 0.3) is 0 Å². The molecule has 0 amide bonds. The third kappa shape index (κ3) is 3.32. The van der Waals surface area contributed by atoms with Gasteiger partial charge in [-0.2, -0.15) is 0 Å². The Hall–Kier alpha value is -1.88. The Morgan fingerprint density at radius 1 is 1.16 bits per heavy atom. The molecular weight excluding hydrogens is 260 g/mol. The zero-order chi connectivity index (χ0) is 14.0. The minimum atomic E-state index is -1.03. The molecule has 1 aromatic carbocycles. The zero-order valence-corrected chi connectivity index (χ0v) is 11.8. The van der Waals surface area contributed by atoms with Gasteiger partial charge in [0.15, 0.2) is 10.9 Å². The van der Waals surface area contributed by atoms with Crippen LogP contribution in [-0.2, 0) is 0 Å². The van der Waals surface area contributed by atoms with E-state index < -0.39 is 5.97 Å². The van der Waals surface area contributed by atoms with Crippen LogP contribution in [0.25, 0.3) is 0 Å². The lowest BCUT2D eigenvalue weighted by Gasteiger charge is -2.06. The van der Waals surface area contributed by atoms with Crippen LogP contribution in [0.3, 0.4) is 0 Å². The molecule has 0 aliphatic heterocycles. The first kappa shape index (κ1) is 13.5. The second-order valence-electron chi connectivity index (χ2n) is 4.35. The number of carboxylic acids is 1. The molecule has 4 nitrogen and oxygen atoms in total. The Labute approximate surface area is 115 Å². The van der Waals surface area contributed by atoms with Gasteiger partial charge in [-0.25, -0.2) is 14.8 Å². The van der Waals surface area contributed by atoms with E-state index in [4.69, 9.17) is 5.11 Å². The Balaban J connectivity index is 2.38. The number of carboxylic acid groups (broad SMARTS) is 1. The summed E-state index contributed by atoms with van der Waals surface area (Å²) in [7, 11) is 0. The van der Waals surface area contributed by atoms with Gasteiger partial charge in [0.2, 0.25) is 0 Å². The van der Waals surface area contributed by atoms with Crippen molar-refractivity contribution >= 4 is 17.7 Å². The molecule has 0 bridgehead atoms. The molecule has 1 N–H and O–H groups in total. The minimum Gasteiger partial charge on any atom is -0.477 e. The standard InChI is InChI=1S/C14H14N2O2S/c1-8-4-5-9(2)12(6-8)19-14-15-10(3)7-11(16-14)13(17)18/h4-7H,1-3H3,(H,17,18). The molecule has 98 valence electrons. The van der Waals surface area contributed by atoms with Crippen molar-refractivity contribution in [3.63, 3.8) is 0 Å². The van der Waals surface area contributed by atoms with Crippen molar-refractivity contribution in [1.82, 2.24) is 9.97 Å². The highest BCUT2D eigenvalue weighted by atomic mass is 32.2. The second kappa shape index (κ2) is 5.40. The molecule has 5 heteroatoms. The number of aromatic carboxylic acids is 1. The quantitative estimate of drug-likeness (QED) is 0.870. The molecule has 2 rings (SSSR count). The van der Waals surface area contributed by atoms with Crippen LogP contribution in [0.1, 0.15) is 27.3 Å². The largest absolute Gasteiger partial charge is 0.477 e. The van der Waals surface area contributed by atoms with Crippen LogP contribution in [0, 0.1) is 20.8 Å². The van der Waals surface area contributed by atoms with Crippen LogP contribution in [0.15, 0.2) is 34.3 Å². The first-order chi connectivity index (χ1) is 8.95. The Morgan fingerprint density at radius 3 is 2.58 bits per heavy atom. The summed E-state index contributed by atoms with van der Waals surface area (Å²) in [5, 5.41) is 9.46. The third-order valence-corrected chi connectivity index (χ3v) is 3.62. The number of aromatic nitrogens is 2. The van der Waals surface area contributed by atoms with E-state index in [9.17, 15) is 4.79 Å². The van der Waals surface area contributed by atoms with Gasteiger partial charge >= 0.3 is 5.97 Å².